The van der Waals surface area contributed by atoms with Crippen molar-refractivity contribution in [3.63, 3.8) is 0 Å². The van der Waals surface area contributed by atoms with Gasteiger partial charge in [0.2, 0.25) is 5.91 Å². The fourth-order valence-electron chi connectivity index (χ4n) is 1.86. The smallest absolute Gasteiger partial charge is 0.225 e. The van der Waals surface area contributed by atoms with Crippen molar-refractivity contribution in [2.45, 2.75) is 19.8 Å². The Kier molecular flexibility index (Phi) is 4.30. The molecule has 0 radical (unpaired) electrons. The van der Waals surface area contributed by atoms with Crippen LogP contribution in [0.4, 0.5) is 5.82 Å². The minimum atomic E-state index is -0.0409. The first-order valence-corrected chi connectivity index (χ1v) is 6.32. The molecule has 1 aromatic carbocycles. The summed E-state index contributed by atoms with van der Waals surface area (Å²) < 4.78 is 1.73. The molecule has 2 aromatic rings. The number of nitrogens with two attached hydrogens (primary N) is 1. The second-order valence-corrected chi connectivity index (χ2v) is 4.36. The van der Waals surface area contributed by atoms with Crippen LogP contribution in [0.5, 0.6) is 0 Å². The Hall–Kier alpha value is -2.14. The maximum atomic E-state index is 11.7. The number of amides is 1. The summed E-state index contributed by atoms with van der Waals surface area (Å²) in [5.41, 5.74) is 7.45. The highest BCUT2D eigenvalue weighted by Gasteiger charge is 2.09. The van der Waals surface area contributed by atoms with Gasteiger partial charge in [-0.15, -0.1) is 0 Å². The van der Waals surface area contributed by atoms with Crippen LogP contribution in [0.2, 0.25) is 0 Å². The summed E-state index contributed by atoms with van der Waals surface area (Å²) >= 11 is 0. The zero-order chi connectivity index (χ0) is 13.7. The molecule has 3 N–H and O–H groups in total. The summed E-state index contributed by atoms with van der Waals surface area (Å²) in [5, 5.41) is 7.11. The lowest BCUT2D eigenvalue weighted by molar-refractivity contribution is -0.116. The van der Waals surface area contributed by atoms with Crippen LogP contribution in [0.3, 0.4) is 0 Å². The number of hydrogen-bond donors (Lipinski definition) is 2. The second-order valence-electron chi connectivity index (χ2n) is 4.36. The van der Waals surface area contributed by atoms with E-state index in [1.807, 2.05) is 31.2 Å². The van der Waals surface area contributed by atoms with Gasteiger partial charge in [-0.2, -0.15) is 5.10 Å². The van der Waals surface area contributed by atoms with E-state index in [2.05, 4.69) is 10.4 Å². The molecule has 1 amide bonds. The van der Waals surface area contributed by atoms with Gasteiger partial charge in [-0.05, 0) is 31.5 Å². The minimum absolute atomic E-state index is 0.0409. The summed E-state index contributed by atoms with van der Waals surface area (Å²) in [7, 11) is 0. The van der Waals surface area contributed by atoms with Crippen LogP contribution >= 0.6 is 0 Å². The highest BCUT2D eigenvalue weighted by Crippen LogP contribution is 2.18. The summed E-state index contributed by atoms with van der Waals surface area (Å²) in [4.78, 5) is 11.7. The SMILES string of the molecule is Cc1ccccc1-n1nccc1NC(=O)CCCN. The number of anilines is 1. The lowest BCUT2D eigenvalue weighted by Crippen LogP contribution is -2.16. The van der Waals surface area contributed by atoms with Gasteiger partial charge in [-0.25, -0.2) is 4.68 Å². The molecule has 0 fully saturated rings. The van der Waals surface area contributed by atoms with Crippen molar-refractivity contribution in [2.75, 3.05) is 11.9 Å². The van der Waals surface area contributed by atoms with Gasteiger partial charge in [0, 0.05) is 12.5 Å². The van der Waals surface area contributed by atoms with E-state index in [4.69, 9.17) is 5.73 Å². The molecule has 0 saturated heterocycles. The normalized spacial score (nSPS) is 10.4. The average molecular weight is 258 g/mol. The van der Waals surface area contributed by atoms with Gasteiger partial charge in [0.05, 0.1) is 11.9 Å². The lowest BCUT2D eigenvalue weighted by Gasteiger charge is -2.10. The zero-order valence-corrected chi connectivity index (χ0v) is 11.0. The number of rotatable bonds is 5. The van der Waals surface area contributed by atoms with Crippen molar-refractivity contribution in [2.24, 2.45) is 5.73 Å². The molecule has 0 saturated carbocycles. The van der Waals surface area contributed by atoms with Crippen LogP contribution in [0.1, 0.15) is 18.4 Å². The Morgan fingerprint density at radius 3 is 2.89 bits per heavy atom. The molecule has 5 nitrogen and oxygen atoms in total. The molecule has 0 spiro atoms. The summed E-state index contributed by atoms with van der Waals surface area (Å²) in [6, 6.07) is 9.69. The van der Waals surface area contributed by atoms with E-state index in [9.17, 15) is 4.79 Å². The number of carbonyl (C=O) groups excluding carboxylic acids is 1. The lowest BCUT2D eigenvalue weighted by atomic mass is 10.2. The Bertz CT molecular complexity index is 562. The predicted molar refractivity (Wildman–Crippen MR) is 75.2 cm³/mol. The van der Waals surface area contributed by atoms with Crippen molar-refractivity contribution in [1.29, 1.82) is 0 Å². The van der Waals surface area contributed by atoms with E-state index >= 15 is 0 Å². The Morgan fingerprint density at radius 1 is 1.37 bits per heavy atom. The summed E-state index contributed by atoms with van der Waals surface area (Å²) in [6.45, 7) is 2.53. The summed E-state index contributed by atoms with van der Waals surface area (Å²) in [6.07, 6.45) is 2.78. The van der Waals surface area contributed by atoms with Crippen molar-refractivity contribution < 1.29 is 4.79 Å². The first-order valence-electron chi connectivity index (χ1n) is 6.32. The molecule has 0 atom stereocenters. The number of aromatic nitrogens is 2. The molecule has 0 unspecified atom stereocenters. The van der Waals surface area contributed by atoms with Gasteiger partial charge in [-0.3, -0.25) is 4.79 Å². The fourth-order valence-corrected chi connectivity index (χ4v) is 1.86. The van der Waals surface area contributed by atoms with Crippen LogP contribution < -0.4 is 11.1 Å². The van der Waals surface area contributed by atoms with Crippen molar-refractivity contribution in [3.8, 4) is 5.69 Å². The first-order chi connectivity index (χ1) is 9.22. The number of nitrogens with zero attached hydrogens (tertiary/aromatic N) is 2. The van der Waals surface area contributed by atoms with Gasteiger partial charge < -0.3 is 11.1 Å². The number of carbonyl (C=O) groups is 1. The number of aryl methyl sites for hydroxylation is 1. The van der Waals surface area contributed by atoms with E-state index in [-0.39, 0.29) is 5.91 Å². The van der Waals surface area contributed by atoms with Crippen LogP contribution in [0.15, 0.2) is 36.5 Å². The first kappa shape index (κ1) is 13.3. The van der Waals surface area contributed by atoms with Crippen LogP contribution in [0, 0.1) is 6.92 Å². The van der Waals surface area contributed by atoms with E-state index in [1.54, 1.807) is 16.9 Å². The predicted octanol–water partition coefficient (Wildman–Crippen LogP) is 1.86. The number of hydrogen-bond acceptors (Lipinski definition) is 3. The van der Waals surface area contributed by atoms with Crippen molar-refractivity contribution in [3.05, 3.63) is 42.1 Å². The molecule has 0 aliphatic rings. The van der Waals surface area contributed by atoms with Crippen molar-refractivity contribution in [1.82, 2.24) is 9.78 Å². The third-order valence-electron chi connectivity index (χ3n) is 2.86. The van der Waals surface area contributed by atoms with Gasteiger partial charge in [0.1, 0.15) is 5.82 Å². The molecule has 100 valence electrons. The second kappa shape index (κ2) is 6.15. The topological polar surface area (TPSA) is 72.9 Å². The standard InChI is InChI=1S/C14H18N4O/c1-11-5-2-3-6-12(11)18-13(8-10-16-18)17-14(19)7-4-9-15/h2-3,5-6,8,10H,4,7,9,15H2,1H3,(H,17,19). The molecule has 1 aromatic heterocycles. The minimum Gasteiger partial charge on any atom is -0.330 e. The largest absolute Gasteiger partial charge is 0.330 e. The maximum absolute atomic E-state index is 11.7. The highest BCUT2D eigenvalue weighted by molar-refractivity contribution is 5.90. The molecule has 1 heterocycles. The molecular weight excluding hydrogens is 240 g/mol. The van der Waals surface area contributed by atoms with Crippen molar-refractivity contribution >= 4 is 11.7 Å². The quantitative estimate of drug-likeness (QED) is 0.859. The Labute approximate surface area is 112 Å². The third-order valence-corrected chi connectivity index (χ3v) is 2.86. The number of benzene rings is 1. The molecule has 0 aliphatic heterocycles. The number of nitrogens with one attached hydrogen (secondary N) is 1. The molecule has 2 rings (SSSR count). The summed E-state index contributed by atoms with van der Waals surface area (Å²) in [5.74, 6) is 0.636. The monoisotopic (exact) mass is 258 g/mol. The fraction of sp³-hybridized carbons (Fsp3) is 0.286. The van der Waals surface area contributed by atoms with Crippen LogP contribution in [0.25, 0.3) is 5.69 Å². The molecule has 0 aliphatic carbocycles. The van der Waals surface area contributed by atoms with Crippen LogP contribution in [-0.2, 0) is 4.79 Å². The molecular formula is C14H18N4O. The van der Waals surface area contributed by atoms with E-state index in [0.29, 0.717) is 25.2 Å². The average Bonchev–Trinajstić information content (AvgIpc) is 2.85. The Balaban J connectivity index is 2.19. The Morgan fingerprint density at radius 2 is 2.16 bits per heavy atom. The van der Waals surface area contributed by atoms with Gasteiger partial charge in [-0.1, -0.05) is 18.2 Å². The van der Waals surface area contributed by atoms with E-state index in [1.165, 1.54) is 0 Å². The zero-order valence-electron chi connectivity index (χ0n) is 11.0. The van der Waals surface area contributed by atoms with Gasteiger partial charge in [0.15, 0.2) is 0 Å². The number of para-hydroxylation sites is 1. The maximum Gasteiger partial charge on any atom is 0.225 e. The molecule has 0 bridgehead atoms. The highest BCUT2D eigenvalue weighted by atomic mass is 16.1. The molecule has 5 heteroatoms. The third kappa shape index (κ3) is 3.20. The molecule has 19 heavy (non-hydrogen) atoms. The van der Waals surface area contributed by atoms with Crippen LogP contribution in [-0.4, -0.2) is 22.2 Å². The van der Waals surface area contributed by atoms with E-state index in [0.717, 1.165) is 11.3 Å². The van der Waals surface area contributed by atoms with Gasteiger partial charge >= 0.3 is 0 Å². The van der Waals surface area contributed by atoms with E-state index < -0.39 is 0 Å². The van der Waals surface area contributed by atoms with Gasteiger partial charge in [0.25, 0.3) is 0 Å².